The smallest absolute Gasteiger partial charge is 0.319 e. The molecule has 2 heterocycles. The van der Waals surface area contributed by atoms with Crippen molar-refractivity contribution in [1.29, 1.82) is 0 Å². The fraction of sp³-hybridized carbons (Fsp3) is 0.357. The molecule has 1 atom stereocenters. The number of amides is 4. The Kier molecular flexibility index (Phi) is 7.87. The van der Waals surface area contributed by atoms with Crippen LogP contribution < -0.4 is 10.6 Å². The number of urea groups is 1. The minimum Gasteiger partial charge on any atom is -0.494 e. The van der Waals surface area contributed by atoms with E-state index in [2.05, 4.69) is 10.6 Å². The predicted molar refractivity (Wildman–Crippen MR) is 146 cm³/mol. The fourth-order valence-corrected chi connectivity index (χ4v) is 4.38. The molecule has 11 heteroatoms. The van der Waals surface area contributed by atoms with Crippen molar-refractivity contribution in [3.8, 4) is 5.88 Å². The second kappa shape index (κ2) is 11.0. The van der Waals surface area contributed by atoms with E-state index in [9.17, 15) is 24.3 Å². The van der Waals surface area contributed by atoms with Gasteiger partial charge in [0.2, 0.25) is 5.91 Å². The summed E-state index contributed by atoms with van der Waals surface area (Å²) in [4.78, 5) is 51.0. The van der Waals surface area contributed by atoms with Gasteiger partial charge in [0.15, 0.2) is 12.6 Å². The van der Waals surface area contributed by atoms with E-state index in [1.165, 1.54) is 4.57 Å². The topological polar surface area (TPSA) is 130 Å². The molecule has 0 bridgehead atoms. The van der Waals surface area contributed by atoms with Crippen molar-refractivity contribution in [3.05, 3.63) is 58.7 Å². The number of nitrogens with zero attached hydrogens (tertiary/aromatic N) is 2. The van der Waals surface area contributed by atoms with Crippen LogP contribution in [0.4, 0.5) is 10.5 Å². The number of rotatable bonds is 6. The number of ether oxygens (including phenoxy) is 1. The van der Waals surface area contributed by atoms with Gasteiger partial charge in [-0.2, -0.15) is 0 Å². The molecular formula is C28H31ClN4O6. The van der Waals surface area contributed by atoms with Crippen molar-refractivity contribution in [3.63, 3.8) is 0 Å². The number of hydrogen-bond acceptors (Lipinski definition) is 6. The van der Waals surface area contributed by atoms with E-state index in [-0.39, 0.29) is 25.3 Å². The summed E-state index contributed by atoms with van der Waals surface area (Å²) < 4.78 is 6.63. The molecule has 1 aliphatic heterocycles. The van der Waals surface area contributed by atoms with E-state index < -0.39 is 42.0 Å². The number of anilines is 1. The van der Waals surface area contributed by atoms with Gasteiger partial charge < -0.3 is 25.0 Å². The molecule has 0 saturated carbocycles. The molecule has 1 fully saturated rings. The molecule has 2 aromatic carbocycles. The van der Waals surface area contributed by atoms with Gasteiger partial charge in [-0.1, -0.05) is 23.7 Å². The molecule has 1 aliphatic rings. The number of carbonyl (C=O) groups is 4. The first kappa shape index (κ1) is 28.0. The third kappa shape index (κ3) is 6.17. The van der Waals surface area contributed by atoms with E-state index in [0.29, 0.717) is 21.5 Å². The van der Waals surface area contributed by atoms with Gasteiger partial charge in [0, 0.05) is 40.6 Å². The number of imide groups is 1. The first-order valence-corrected chi connectivity index (χ1v) is 12.9. The van der Waals surface area contributed by atoms with Gasteiger partial charge in [0.1, 0.15) is 6.04 Å². The maximum absolute atomic E-state index is 13.2. The highest BCUT2D eigenvalue weighted by Gasteiger charge is 2.38. The van der Waals surface area contributed by atoms with Gasteiger partial charge in [0.25, 0.3) is 5.91 Å². The van der Waals surface area contributed by atoms with E-state index in [1.54, 1.807) is 57.3 Å². The number of aromatic nitrogens is 1. The molecule has 4 amide bonds. The third-order valence-corrected chi connectivity index (χ3v) is 6.93. The molecule has 1 aromatic heterocycles. The quantitative estimate of drug-likeness (QED) is 0.294. The Bertz CT molecular complexity index is 1460. The lowest BCUT2D eigenvalue weighted by atomic mass is 9.97. The van der Waals surface area contributed by atoms with Crippen LogP contribution in [0.3, 0.4) is 0 Å². The van der Waals surface area contributed by atoms with Crippen LogP contribution in [0, 0.1) is 12.3 Å². The third-order valence-electron chi connectivity index (χ3n) is 6.52. The highest BCUT2D eigenvalue weighted by atomic mass is 35.5. The summed E-state index contributed by atoms with van der Waals surface area (Å²) in [6.07, 6.45) is 1.90. The van der Waals surface area contributed by atoms with Gasteiger partial charge in [-0.05, 0) is 69.5 Å². The molecule has 1 unspecified atom stereocenters. The van der Waals surface area contributed by atoms with Crippen molar-refractivity contribution >= 4 is 51.9 Å². The molecule has 10 nitrogen and oxygen atoms in total. The van der Waals surface area contributed by atoms with Gasteiger partial charge in [-0.15, -0.1) is 0 Å². The summed E-state index contributed by atoms with van der Waals surface area (Å²) in [6, 6.07) is 9.27. The molecule has 0 radical (unpaired) electrons. The number of aromatic hydroxyl groups is 1. The SMILES string of the molecule is Cc1ccc(NC(=O)NCc2ccc3c(O)n(C4CCC(=O)N(COC(=O)C(C)(C)C)C4=O)cc3c2)cc1Cl. The Morgan fingerprint density at radius 3 is 2.59 bits per heavy atom. The number of carbonyl (C=O) groups excluding carboxylic acids is 4. The average molecular weight is 555 g/mol. The number of nitrogens with one attached hydrogen (secondary N) is 2. The zero-order valence-corrected chi connectivity index (χ0v) is 23.0. The zero-order chi connectivity index (χ0) is 28.5. The van der Waals surface area contributed by atoms with Crippen LogP contribution in [0.2, 0.25) is 5.02 Å². The van der Waals surface area contributed by atoms with Crippen LogP contribution in [0.5, 0.6) is 5.88 Å². The van der Waals surface area contributed by atoms with Crippen molar-refractivity contribution in [2.75, 3.05) is 12.0 Å². The Labute approximate surface area is 230 Å². The Hall–Kier alpha value is -4.05. The van der Waals surface area contributed by atoms with Crippen molar-refractivity contribution < 1.29 is 29.0 Å². The Morgan fingerprint density at radius 1 is 1.15 bits per heavy atom. The van der Waals surface area contributed by atoms with Crippen LogP contribution in [-0.2, 0) is 25.7 Å². The van der Waals surface area contributed by atoms with Gasteiger partial charge in [-0.3, -0.25) is 14.4 Å². The summed E-state index contributed by atoms with van der Waals surface area (Å²) in [5, 5.41) is 18.1. The lowest BCUT2D eigenvalue weighted by Crippen LogP contribution is -2.47. The summed E-state index contributed by atoms with van der Waals surface area (Å²) >= 11 is 6.11. The van der Waals surface area contributed by atoms with E-state index in [0.717, 1.165) is 16.0 Å². The summed E-state index contributed by atoms with van der Waals surface area (Å²) in [5.74, 6) is -1.64. The van der Waals surface area contributed by atoms with Gasteiger partial charge in [-0.25, -0.2) is 9.69 Å². The number of piperidine rings is 1. The molecule has 0 spiro atoms. The number of hydrogen-bond donors (Lipinski definition) is 3. The van der Waals surface area contributed by atoms with Crippen molar-refractivity contribution in [1.82, 2.24) is 14.8 Å². The summed E-state index contributed by atoms with van der Waals surface area (Å²) in [6.45, 7) is 6.65. The largest absolute Gasteiger partial charge is 0.494 e. The molecule has 39 heavy (non-hydrogen) atoms. The standard InChI is InChI=1S/C28H31ClN4O6/c1-16-5-7-19(12-21(16)29)31-27(38)30-13-17-6-8-20-18(11-17)14-32(24(20)35)22-9-10-23(34)33(25(22)36)15-39-26(37)28(2,3)4/h5-8,11-12,14,22,35H,9-10,13,15H2,1-4H3,(H2,30,31,38). The van der Waals surface area contributed by atoms with Crippen molar-refractivity contribution in [2.45, 2.75) is 53.1 Å². The normalized spacial score (nSPS) is 15.9. The van der Waals surface area contributed by atoms with E-state index in [1.807, 2.05) is 13.0 Å². The minimum atomic E-state index is -0.836. The number of halogens is 1. The predicted octanol–water partition coefficient (Wildman–Crippen LogP) is 4.87. The lowest BCUT2D eigenvalue weighted by molar-refractivity contribution is -0.167. The van der Waals surface area contributed by atoms with Crippen LogP contribution in [0.15, 0.2) is 42.6 Å². The second-order valence-electron chi connectivity index (χ2n) is 10.6. The van der Waals surface area contributed by atoms with Gasteiger partial charge >= 0.3 is 12.0 Å². The van der Waals surface area contributed by atoms with Crippen LogP contribution in [-0.4, -0.2) is 45.1 Å². The summed E-state index contributed by atoms with van der Waals surface area (Å²) in [5.41, 5.74) is 1.47. The number of esters is 1. The molecule has 4 rings (SSSR count). The van der Waals surface area contributed by atoms with E-state index in [4.69, 9.17) is 16.3 Å². The number of fused-ring (bicyclic) bond motifs is 1. The van der Waals surface area contributed by atoms with Crippen LogP contribution >= 0.6 is 11.6 Å². The lowest BCUT2D eigenvalue weighted by Gasteiger charge is -2.31. The van der Waals surface area contributed by atoms with Crippen LogP contribution in [0.1, 0.15) is 50.8 Å². The molecule has 0 aliphatic carbocycles. The molecular weight excluding hydrogens is 524 g/mol. The first-order valence-electron chi connectivity index (χ1n) is 12.5. The highest BCUT2D eigenvalue weighted by molar-refractivity contribution is 6.31. The monoisotopic (exact) mass is 554 g/mol. The average Bonchev–Trinajstić information content (AvgIpc) is 3.19. The maximum Gasteiger partial charge on any atom is 0.319 e. The minimum absolute atomic E-state index is 0.0634. The first-order chi connectivity index (χ1) is 18.3. The molecule has 3 N–H and O–H groups in total. The zero-order valence-electron chi connectivity index (χ0n) is 22.2. The van der Waals surface area contributed by atoms with Gasteiger partial charge in [0.05, 0.1) is 5.41 Å². The number of likely N-dealkylation sites (tertiary alicyclic amines) is 1. The van der Waals surface area contributed by atoms with Crippen LogP contribution in [0.25, 0.3) is 10.8 Å². The second-order valence-corrected chi connectivity index (χ2v) is 11.0. The Morgan fingerprint density at radius 2 is 1.90 bits per heavy atom. The number of aryl methyl sites for hydroxylation is 1. The fourth-order valence-electron chi connectivity index (χ4n) is 4.20. The van der Waals surface area contributed by atoms with E-state index >= 15 is 0 Å². The molecule has 3 aromatic rings. The van der Waals surface area contributed by atoms with Crippen molar-refractivity contribution in [2.24, 2.45) is 5.41 Å². The molecule has 206 valence electrons. The maximum atomic E-state index is 13.2. The molecule has 1 saturated heterocycles. The number of benzene rings is 2. The summed E-state index contributed by atoms with van der Waals surface area (Å²) in [7, 11) is 0. The Balaban J connectivity index is 1.45. The highest BCUT2D eigenvalue weighted by Crippen LogP contribution is 2.35.